The first-order chi connectivity index (χ1) is 11.3. The molecule has 0 atom stereocenters. The minimum Gasteiger partial charge on any atom is -0.423 e. The van der Waals surface area contributed by atoms with E-state index in [1.165, 1.54) is 12.1 Å². The molecule has 6 nitrogen and oxygen atoms in total. The first-order valence-corrected chi connectivity index (χ1v) is 8.80. The predicted octanol–water partition coefficient (Wildman–Crippen LogP) is 2.46. The zero-order valence-corrected chi connectivity index (χ0v) is 13.9. The highest BCUT2D eigenvalue weighted by atomic mass is 32.2. The smallest absolute Gasteiger partial charge is 0.343 e. The monoisotopic (exact) mass is 345 g/mol. The predicted molar refractivity (Wildman–Crippen MR) is 86.6 cm³/mol. The highest BCUT2D eigenvalue weighted by Gasteiger charge is 2.36. The van der Waals surface area contributed by atoms with Gasteiger partial charge in [-0.05, 0) is 29.7 Å². The molecule has 1 amide bonds. The molecule has 0 unspecified atom stereocenters. The zero-order chi connectivity index (χ0) is 17.5. The molecule has 0 bridgehead atoms. The van der Waals surface area contributed by atoms with Gasteiger partial charge in [0.2, 0.25) is 0 Å². The van der Waals surface area contributed by atoms with E-state index in [2.05, 4.69) is 0 Å². The highest BCUT2D eigenvalue weighted by Crippen LogP contribution is 2.34. The second kappa shape index (κ2) is 5.76. The molecule has 0 fully saturated rings. The van der Waals surface area contributed by atoms with E-state index < -0.39 is 21.9 Å². The van der Waals surface area contributed by atoms with Crippen molar-refractivity contribution in [2.75, 3.05) is 0 Å². The number of ether oxygens (including phenoxy) is 1. The molecule has 1 N–H and O–H groups in total. The third-order valence-corrected chi connectivity index (χ3v) is 5.05. The Morgan fingerprint density at radius 3 is 2.42 bits per heavy atom. The summed E-state index contributed by atoms with van der Waals surface area (Å²) >= 11 is 0. The summed E-state index contributed by atoms with van der Waals surface area (Å²) in [7, 11) is -3.92. The van der Waals surface area contributed by atoms with Gasteiger partial charge in [-0.3, -0.25) is 4.79 Å². The SMILES string of the molecule is CC(C)c1cc(OC(=O)c2ccccc2)cc2c1C(=O)NS2(=O)=O. The lowest BCUT2D eigenvalue weighted by Crippen LogP contribution is -2.21. The van der Waals surface area contributed by atoms with Crippen molar-refractivity contribution in [2.45, 2.75) is 24.7 Å². The first kappa shape index (κ1) is 16.2. The van der Waals surface area contributed by atoms with Crippen LogP contribution in [0.4, 0.5) is 0 Å². The van der Waals surface area contributed by atoms with Crippen LogP contribution in [0.5, 0.6) is 5.75 Å². The number of esters is 1. The first-order valence-electron chi connectivity index (χ1n) is 7.32. The molecule has 124 valence electrons. The third-order valence-electron chi connectivity index (χ3n) is 3.69. The summed E-state index contributed by atoms with van der Waals surface area (Å²) in [5, 5.41) is 0. The van der Waals surface area contributed by atoms with Crippen molar-refractivity contribution in [3.63, 3.8) is 0 Å². The Balaban J connectivity index is 2.06. The Morgan fingerprint density at radius 1 is 1.12 bits per heavy atom. The number of carbonyl (C=O) groups is 2. The lowest BCUT2D eigenvalue weighted by molar-refractivity contribution is 0.0734. The normalized spacial score (nSPS) is 15.0. The molecule has 1 heterocycles. The fourth-order valence-corrected chi connectivity index (χ4v) is 3.75. The van der Waals surface area contributed by atoms with E-state index in [9.17, 15) is 18.0 Å². The summed E-state index contributed by atoms with van der Waals surface area (Å²) < 4.78 is 31.4. The van der Waals surface area contributed by atoms with Gasteiger partial charge in [0.25, 0.3) is 15.9 Å². The number of nitrogens with one attached hydrogen (secondary N) is 1. The van der Waals surface area contributed by atoms with Gasteiger partial charge >= 0.3 is 5.97 Å². The van der Waals surface area contributed by atoms with Crippen molar-refractivity contribution < 1.29 is 22.7 Å². The van der Waals surface area contributed by atoms with Gasteiger partial charge in [-0.2, -0.15) is 0 Å². The number of benzene rings is 2. The minimum atomic E-state index is -3.92. The van der Waals surface area contributed by atoms with Crippen LogP contribution >= 0.6 is 0 Å². The largest absolute Gasteiger partial charge is 0.423 e. The van der Waals surface area contributed by atoms with Gasteiger partial charge in [-0.25, -0.2) is 17.9 Å². The van der Waals surface area contributed by atoms with Crippen molar-refractivity contribution in [3.8, 4) is 5.75 Å². The van der Waals surface area contributed by atoms with E-state index in [0.29, 0.717) is 11.1 Å². The third kappa shape index (κ3) is 2.78. The molecule has 1 aliphatic rings. The lowest BCUT2D eigenvalue weighted by Gasteiger charge is -2.12. The molecule has 2 aromatic carbocycles. The Kier molecular flexibility index (Phi) is 3.88. The summed E-state index contributed by atoms with van der Waals surface area (Å²) in [6.07, 6.45) is 0. The van der Waals surface area contributed by atoms with Gasteiger partial charge in [0.05, 0.1) is 11.1 Å². The molecular formula is C17H15NO5S. The Hall–Kier alpha value is -2.67. The number of hydrogen-bond donors (Lipinski definition) is 1. The second-order valence-electron chi connectivity index (χ2n) is 5.73. The topological polar surface area (TPSA) is 89.5 Å². The average molecular weight is 345 g/mol. The fourth-order valence-electron chi connectivity index (χ4n) is 2.55. The average Bonchev–Trinajstić information content (AvgIpc) is 2.77. The van der Waals surface area contributed by atoms with Crippen LogP contribution in [0, 0.1) is 0 Å². The van der Waals surface area contributed by atoms with E-state index in [1.54, 1.807) is 30.3 Å². The van der Waals surface area contributed by atoms with E-state index >= 15 is 0 Å². The van der Waals surface area contributed by atoms with Crippen LogP contribution in [0.3, 0.4) is 0 Å². The summed E-state index contributed by atoms with van der Waals surface area (Å²) in [6.45, 7) is 3.66. The van der Waals surface area contributed by atoms with Gasteiger partial charge in [-0.1, -0.05) is 32.0 Å². The van der Waals surface area contributed by atoms with Gasteiger partial charge in [0.1, 0.15) is 10.6 Å². The van der Waals surface area contributed by atoms with Crippen molar-refractivity contribution in [3.05, 3.63) is 59.2 Å². The van der Waals surface area contributed by atoms with Crippen molar-refractivity contribution in [1.29, 1.82) is 0 Å². The van der Waals surface area contributed by atoms with E-state index in [4.69, 9.17) is 4.74 Å². The van der Waals surface area contributed by atoms with E-state index in [1.807, 2.05) is 18.6 Å². The number of sulfonamides is 1. The van der Waals surface area contributed by atoms with Gasteiger partial charge in [-0.15, -0.1) is 0 Å². The fraction of sp³-hybridized carbons (Fsp3) is 0.176. The molecule has 24 heavy (non-hydrogen) atoms. The molecule has 1 aliphatic heterocycles. The molecular weight excluding hydrogens is 330 g/mol. The van der Waals surface area contributed by atoms with Crippen LogP contribution in [0.25, 0.3) is 0 Å². The van der Waals surface area contributed by atoms with Crippen molar-refractivity contribution in [2.24, 2.45) is 0 Å². The summed E-state index contributed by atoms with van der Waals surface area (Å²) in [5.41, 5.74) is 0.979. The molecule has 0 aromatic heterocycles. The molecule has 0 saturated carbocycles. The number of hydrogen-bond acceptors (Lipinski definition) is 5. The number of carbonyl (C=O) groups excluding carboxylic acids is 2. The zero-order valence-electron chi connectivity index (χ0n) is 13.1. The summed E-state index contributed by atoms with van der Waals surface area (Å²) in [5.74, 6) is -1.28. The molecule has 2 aromatic rings. The molecule has 0 spiro atoms. The Labute approximate surface area is 139 Å². The molecule has 0 aliphatic carbocycles. The van der Waals surface area contributed by atoms with Gasteiger partial charge in [0, 0.05) is 6.07 Å². The van der Waals surface area contributed by atoms with Crippen LogP contribution < -0.4 is 9.46 Å². The van der Waals surface area contributed by atoms with Crippen LogP contribution in [-0.2, 0) is 10.0 Å². The van der Waals surface area contributed by atoms with Crippen LogP contribution in [0.1, 0.15) is 46.0 Å². The van der Waals surface area contributed by atoms with Gasteiger partial charge < -0.3 is 4.74 Å². The van der Waals surface area contributed by atoms with Gasteiger partial charge in [0.15, 0.2) is 0 Å². The maximum Gasteiger partial charge on any atom is 0.343 e. The standard InChI is InChI=1S/C17H15NO5S/c1-10(2)13-8-12(23-17(20)11-6-4-3-5-7-11)9-14-15(13)16(19)18-24(14,21)22/h3-10H,1-2H3,(H,18,19). The number of fused-ring (bicyclic) bond motifs is 1. The van der Waals surface area contributed by atoms with E-state index in [0.717, 1.165) is 0 Å². The lowest BCUT2D eigenvalue weighted by atomic mass is 9.96. The van der Waals surface area contributed by atoms with Crippen LogP contribution in [0.2, 0.25) is 0 Å². The van der Waals surface area contributed by atoms with Crippen molar-refractivity contribution in [1.82, 2.24) is 4.72 Å². The maximum atomic E-state index is 12.2. The minimum absolute atomic E-state index is 0.0892. The molecule has 7 heteroatoms. The second-order valence-corrected chi connectivity index (χ2v) is 7.38. The van der Waals surface area contributed by atoms with E-state index in [-0.39, 0.29) is 22.1 Å². The number of amides is 1. The quantitative estimate of drug-likeness (QED) is 0.682. The summed E-state index contributed by atoms with van der Waals surface area (Å²) in [4.78, 5) is 24.0. The summed E-state index contributed by atoms with van der Waals surface area (Å²) in [6, 6.07) is 11.1. The molecule has 3 rings (SSSR count). The Bertz CT molecular complexity index is 933. The number of rotatable bonds is 3. The highest BCUT2D eigenvalue weighted by molar-refractivity contribution is 7.90. The molecule has 0 radical (unpaired) electrons. The van der Waals surface area contributed by atoms with Crippen LogP contribution in [-0.4, -0.2) is 20.3 Å². The van der Waals surface area contributed by atoms with Crippen LogP contribution in [0.15, 0.2) is 47.4 Å². The maximum absolute atomic E-state index is 12.2. The molecule has 0 saturated heterocycles. The van der Waals surface area contributed by atoms with Crippen molar-refractivity contribution >= 4 is 21.9 Å². The Morgan fingerprint density at radius 2 is 1.79 bits per heavy atom.